The summed E-state index contributed by atoms with van der Waals surface area (Å²) in [7, 11) is 0. The van der Waals surface area contributed by atoms with Gasteiger partial charge in [0.05, 0.1) is 0 Å². The molecule has 1 aliphatic heterocycles. The van der Waals surface area contributed by atoms with Gasteiger partial charge in [0.1, 0.15) is 6.67 Å². The molecule has 0 amide bonds. The lowest BCUT2D eigenvalue weighted by atomic mass is 10.9. The Morgan fingerprint density at radius 1 is 1.44 bits per heavy atom. The molecule has 3 nitrogen and oxygen atoms in total. The lowest BCUT2D eigenvalue weighted by molar-refractivity contribution is 0.678. The zero-order valence-corrected chi connectivity index (χ0v) is 6.45. The number of amidine groups is 2. The smallest absolute Gasteiger partial charge is 0.222 e. The van der Waals surface area contributed by atoms with Gasteiger partial charge >= 0.3 is 0 Å². The molecule has 9 heavy (non-hydrogen) atoms. The van der Waals surface area contributed by atoms with Crippen LogP contribution in [0.2, 0.25) is 0 Å². The molecule has 0 fully saturated rings. The Kier molecular flexibility index (Phi) is 2.16. The lowest BCUT2D eigenvalue weighted by Crippen LogP contribution is -2.21. The summed E-state index contributed by atoms with van der Waals surface area (Å²) in [5.41, 5.74) is 0. The van der Waals surface area contributed by atoms with Gasteiger partial charge in [-0.2, -0.15) is 4.99 Å². The predicted octanol–water partition coefficient (Wildman–Crippen LogP) is 1.60. The Bertz CT molecular complexity index is 175. The van der Waals surface area contributed by atoms with Gasteiger partial charge in [-0.05, 0) is 23.2 Å². The van der Waals surface area contributed by atoms with Crippen molar-refractivity contribution in [1.29, 1.82) is 0 Å². The molecule has 1 rings (SSSR count). The van der Waals surface area contributed by atoms with Crippen molar-refractivity contribution in [3.63, 3.8) is 0 Å². The summed E-state index contributed by atoms with van der Waals surface area (Å²) in [5, 5.41) is 0.286. The molecule has 0 aliphatic carbocycles. The Labute approximate surface area is 67.0 Å². The van der Waals surface area contributed by atoms with E-state index >= 15 is 0 Å². The van der Waals surface area contributed by atoms with Crippen molar-refractivity contribution in [2.45, 2.75) is 0 Å². The molecule has 6 heteroatoms. The molecule has 0 spiro atoms. The van der Waals surface area contributed by atoms with Gasteiger partial charge < -0.3 is 0 Å². The van der Waals surface area contributed by atoms with Gasteiger partial charge in [-0.25, -0.2) is 9.41 Å². The summed E-state index contributed by atoms with van der Waals surface area (Å²) in [6.45, 7) is 0.253. The van der Waals surface area contributed by atoms with Gasteiger partial charge in [-0.15, -0.1) is 0 Å². The third-order valence-electron chi connectivity index (χ3n) is 0.710. The highest BCUT2D eigenvalue weighted by molar-refractivity contribution is 6.72. The van der Waals surface area contributed by atoms with Crippen LogP contribution in [0, 0.1) is 0 Å². The van der Waals surface area contributed by atoms with Gasteiger partial charge in [-0.3, -0.25) is 0 Å². The van der Waals surface area contributed by atoms with E-state index in [0.717, 1.165) is 4.42 Å². The minimum Gasteiger partial charge on any atom is -0.237 e. The molecule has 0 bridgehead atoms. The second-order valence-corrected chi connectivity index (χ2v) is 2.40. The van der Waals surface area contributed by atoms with Crippen molar-refractivity contribution in [2.75, 3.05) is 6.67 Å². The van der Waals surface area contributed by atoms with E-state index in [9.17, 15) is 0 Å². The highest BCUT2D eigenvalue weighted by atomic mass is 35.5. The second kappa shape index (κ2) is 2.73. The van der Waals surface area contributed by atoms with Crippen molar-refractivity contribution in [3.8, 4) is 0 Å². The van der Waals surface area contributed by atoms with E-state index in [2.05, 4.69) is 9.98 Å². The fourth-order valence-corrected chi connectivity index (χ4v) is 0.746. The van der Waals surface area contributed by atoms with Gasteiger partial charge in [0.2, 0.25) is 10.6 Å². The van der Waals surface area contributed by atoms with Crippen LogP contribution >= 0.6 is 35.0 Å². The molecular weight excluding hydrogens is 184 g/mol. The maximum atomic E-state index is 5.44. The third-order valence-corrected chi connectivity index (χ3v) is 1.56. The van der Waals surface area contributed by atoms with Crippen LogP contribution in [0.5, 0.6) is 0 Å². The topological polar surface area (TPSA) is 28.0 Å². The summed E-state index contributed by atoms with van der Waals surface area (Å²) in [6, 6.07) is 0. The fraction of sp³-hybridized carbons (Fsp3) is 0.333. The van der Waals surface area contributed by atoms with Crippen LogP contribution in [0.15, 0.2) is 9.98 Å². The van der Waals surface area contributed by atoms with E-state index < -0.39 is 0 Å². The van der Waals surface area contributed by atoms with Gasteiger partial charge in [0, 0.05) is 11.8 Å². The molecule has 0 radical (unpaired) electrons. The monoisotopic (exact) mass is 185 g/mol. The van der Waals surface area contributed by atoms with E-state index in [1.54, 1.807) is 0 Å². The Morgan fingerprint density at radius 3 is 2.56 bits per heavy atom. The summed E-state index contributed by atoms with van der Waals surface area (Å²) in [4.78, 5) is 7.22. The van der Waals surface area contributed by atoms with Crippen molar-refractivity contribution < 1.29 is 0 Å². The van der Waals surface area contributed by atoms with Crippen molar-refractivity contribution >= 4 is 45.6 Å². The van der Waals surface area contributed by atoms with E-state index in [-0.39, 0.29) is 17.3 Å². The number of rotatable bonds is 0. The molecule has 0 aromatic heterocycles. The van der Waals surface area contributed by atoms with Gasteiger partial charge in [0.15, 0.2) is 0 Å². The van der Waals surface area contributed by atoms with Crippen LogP contribution in [0.3, 0.4) is 0 Å². The number of halogens is 3. The van der Waals surface area contributed by atoms with Crippen LogP contribution in [0.4, 0.5) is 0 Å². The summed E-state index contributed by atoms with van der Waals surface area (Å²) in [6.07, 6.45) is 0. The molecule has 0 saturated heterocycles. The minimum absolute atomic E-state index is 0.136. The highest BCUT2D eigenvalue weighted by Crippen LogP contribution is 2.08. The van der Waals surface area contributed by atoms with Gasteiger partial charge in [-0.1, -0.05) is 0 Å². The van der Waals surface area contributed by atoms with Crippen LogP contribution in [-0.2, 0) is 0 Å². The number of nitrogens with zero attached hydrogens (tertiary/aromatic N) is 3. The first kappa shape index (κ1) is 7.12. The molecule has 0 saturated carbocycles. The Morgan fingerprint density at radius 2 is 2.11 bits per heavy atom. The van der Waals surface area contributed by atoms with Crippen LogP contribution < -0.4 is 0 Å². The largest absolute Gasteiger partial charge is 0.237 e. The highest BCUT2D eigenvalue weighted by Gasteiger charge is 2.10. The second-order valence-electron chi connectivity index (χ2n) is 1.31. The molecule has 0 aromatic rings. The maximum Gasteiger partial charge on any atom is 0.222 e. The maximum absolute atomic E-state index is 5.44. The zero-order chi connectivity index (χ0) is 6.85. The van der Waals surface area contributed by atoms with E-state index in [1.807, 2.05) is 0 Å². The Balaban J connectivity index is 2.74. The number of hydrogen-bond donors (Lipinski definition) is 0. The predicted molar refractivity (Wildman–Crippen MR) is 39.1 cm³/mol. The molecule has 0 aromatic carbocycles. The Hall–Kier alpha value is 0.01000. The zero-order valence-electron chi connectivity index (χ0n) is 4.18. The molecule has 0 unspecified atom stereocenters. The molecule has 50 valence electrons. The van der Waals surface area contributed by atoms with Crippen LogP contribution in [-0.4, -0.2) is 21.7 Å². The first-order chi connectivity index (χ1) is 4.20. The molecule has 1 aliphatic rings. The van der Waals surface area contributed by atoms with Crippen LogP contribution in [0.1, 0.15) is 0 Å². The lowest BCUT2D eigenvalue weighted by Gasteiger charge is -2.12. The molecule has 0 N–H and O–H groups in total. The van der Waals surface area contributed by atoms with E-state index in [0.29, 0.717) is 0 Å². The van der Waals surface area contributed by atoms with Crippen molar-refractivity contribution in [2.24, 2.45) is 9.98 Å². The number of hydrogen-bond acceptors (Lipinski definition) is 3. The average Bonchev–Trinajstić information content (AvgIpc) is 1.80. The van der Waals surface area contributed by atoms with Crippen molar-refractivity contribution in [1.82, 2.24) is 4.42 Å². The standard InChI is InChI=1S/C3H2Cl3N3/c4-2-7-1-9(6)3(5)8-2/h1H2. The summed E-state index contributed by atoms with van der Waals surface area (Å²) in [5.74, 6) is 0. The first-order valence-electron chi connectivity index (χ1n) is 2.07. The number of aliphatic imine (C=N–C) groups is 2. The summed E-state index contributed by atoms with van der Waals surface area (Å²) >= 11 is 16.2. The minimum atomic E-state index is 0.136. The fourth-order valence-electron chi connectivity index (χ4n) is 0.345. The van der Waals surface area contributed by atoms with Crippen molar-refractivity contribution in [3.05, 3.63) is 0 Å². The quantitative estimate of drug-likeness (QED) is 0.417. The van der Waals surface area contributed by atoms with E-state index in [1.165, 1.54) is 0 Å². The average molecular weight is 186 g/mol. The molecular formula is C3H2Cl3N3. The normalized spacial score (nSPS) is 19.2. The molecule has 1 heterocycles. The first-order valence-corrected chi connectivity index (χ1v) is 3.17. The third kappa shape index (κ3) is 1.71. The van der Waals surface area contributed by atoms with Crippen LogP contribution in [0.25, 0.3) is 0 Å². The molecule has 0 atom stereocenters. The van der Waals surface area contributed by atoms with E-state index in [4.69, 9.17) is 35.0 Å². The van der Waals surface area contributed by atoms with Gasteiger partial charge in [0.25, 0.3) is 0 Å². The summed E-state index contributed by atoms with van der Waals surface area (Å²) < 4.78 is 1.16. The SMILES string of the molecule is ClC1=NCN(Cl)C(Cl)=N1.